The van der Waals surface area contributed by atoms with Gasteiger partial charge < -0.3 is 9.64 Å². The molecule has 1 aliphatic heterocycles. The van der Waals surface area contributed by atoms with Crippen LogP contribution in [0.15, 0.2) is 12.1 Å². The number of anilines is 1. The summed E-state index contributed by atoms with van der Waals surface area (Å²) in [5.41, 5.74) is -1.15. The van der Waals surface area contributed by atoms with E-state index in [2.05, 4.69) is 4.74 Å². The van der Waals surface area contributed by atoms with Crippen molar-refractivity contribution in [2.24, 2.45) is 0 Å². The first kappa shape index (κ1) is 16.7. The number of hydrogen-bond donors (Lipinski definition) is 0. The minimum absolute atomic E-state index is 0.0418. The Morgan fingerprint density at radius 1 is 1.22 bits per heavy atom. The van der Waals surface area contributed by atoms with Crippen LogP contribution in [0.25, 0.3) is 0 Å². The molecule has 9 heteroatoms. The number of carbonyl (C=O) groups is 1. The van der Waals surface area contributed by atoms with Crippen LogP contribution in [0, 0.1) is 20.2 Å². The molecule has 1 atom stereocenters. The Bertz CT molecular complexity index is 625. The molecule has 9 nitrogen and oxygen atoms in total. The van der Waals surface area contributed by atoms with Gasteiger partial charge in [-0.1, -0.05) is 0 Å². The van der Waals surface area contributed by atoms with E-state index in [0.29, 0.717) is 6.54 Å². The van der Waals surface area contributed by atoms with Crippen LogP contribution in [0.3, 0.4) is 0 Å². The molecule has 124 valence electrons. The first-order chi connectivity index (χ1) is 10.9. The first-order valence-corrected chi connectivity index (χ1v) is 7.18. The molecule has 0 radical (unpaired) electrons. The van der Waals surface area contributed by atoms with Crippen LogP contribution < -0.4 is 4.90 Å². The van der Waals surface area contributed by atoms with Crippen molar-refractivity contribution in [1.82, 2.24) is 0 Å². The smallest absolute Gasteiger partial charge is 0.338 e. The van der Waals surface area contributed by atoms with E-state index >= 15 is 0 Å². The molecule has 0 bridgehead atoms. The van der Waals surface area contributed by atoms with Crippen molar-refractivity contribution in [1.29, 1.82) is 0 Å². The number of esters is 1. The molecule has 0 amide bonds. The largest absolute Gasteiger partial charge is 0.465 e. The number of rotatable bonds is 4. The van der Waals surface area contributed by atoms with Gasteiger partial charge in [0.15, 0.2) is 5.69 Å². The molecule has 1 saturated heterocycles. The van der Waals surface area contributed by atoms with Gasteiger partial charge in [0.1, 0.15) is 0 Å². The number of nitro groups is 2. The lowest BCUT2D eigenvalue weighted by molar-refractivity contribution is -0.392. The Hall–Kier alpha value is -2.71. The van der Waals surface area contributed by atoms with Gasteiger partial charge in [-0.2, -0.15) is 0 Å². The average molecular weight is 323 g/mol. The number of piperidine rings is 1. The van der Waals surface area contributed by atoms with E-state index in [0.717, 1.165) is 38.5 Å². The number of carbonyl (C=O) groups excluding carboxylic acids is 1. The molecule has 23 heavy (non-hydrogen) atoms. The maximum Gasteiger partial charge on any atom is 0.338 e. The Morgan fingerprint density at radius 3 is 2.22 bits per heavy atom. The number of hydrogen-bond acceptors (Lipinski definition) is 7. The van der Waals surface area contributed by atoms with Crippen molar-refractivity contribution in [3.8, 4) is 0 Å². The molecule has 0 spiro atoms. The Morgan fingerprint density at radius 2 is 1.78 bits per heavy atom. The van der Waals surface area contributed by atoms with E-state index in [9.17, 15) is 25.0 Å². The number of nitrogens with zero attached hydrogens (tertiary/aromatic N) is 3. The lowest BCUT2D eigenvalue weighted by atomic mass is 10.0. The van der Waals surface area contributed by atoms with Gasteiger partial charge in [0, 0.05) is 24.7 Å². The second-order valence-electron chi connectivity index (χ2n) is 5.41. The van der Waals surface area contributed by atoms with Crippen molar-refractivity contribution in [2.75, 3.05) is 18.6 Å². The van der Waals surface area contributed by atoms with Crippen LogP contribution in [0.4, 0.5) is 17.1 Å². The quantitative estimate of drug-likeness (QED) is 0.475. The molecule has 0 aliphatic carbocycles. The van der Waals surface area contributed by atoms with Gasteiger partial charge in [-0.05, 0) is 26.2 Å². The van der Waals surface area contributed by atoms with E-state index in [-0.39, 0.29) is 17.3 Å². The molecule has 1 aromatic rings. The number of benzene rings is 1. The molecule has 0 N–H and O–H groups in total. The summed E-state index contributed by atoms with van der Waals surface area (Å²) in [6.45, 7) is 2.38. The molecule has 1 aliphatic rings. The lowest BCUT2D eigenvalue weighted by Gasteiger charge is -2.34. The van der Waals surface area contributed by atoms with E-state index in [4.69, 9.17) is 0 Å². The third kappa shape index (κ3) is 3.22. The normalized spacial score (nSPS) is 17.7. The highest BCUT2D eigenvalue weighted by Gasteiger charge is 2.35. The highest BCUT2D eigenvalue weighted by Crippen LogP contribution is 2.41. The van der Waals surface area contributed by atoms with Gasteiger partial charge in [0.2, 0.25) is 0 Å². The number of nitro benzene ring substituents is 2. The van der Waals surface area contributed by atoms with Crippen molar-refractivity contribution in [3.05, 3.63) is 37.9 Å². The summed E-state index contributed by atoms with van der Waals surface area (Å²) in [4.78, 5) is 34.7. The lowest BCUT2D eigenvalue weighted by Crippen LogP contribution is -2.38. The maximum atomic E-state index is 11.6. The second-order valence-corrected chi connectivity index (χ2v) is 5.41. The van der Waals surface area contributed by atoms with Crippen LogP contribution in [0.1, 0.15) is 36.5 Å². The van der Waals surface area contributed by atoms with Crippen LogP contribution in [0.2, 0.25) is 0 Å². The van der Waals surface area contributed by atoms with Crippen molar-refractivity contribution in [3.63, 3.8) is 0 Å². The summed E-state index contributed by atoms with van der Waals surface area (Å²) in [6, 6.07) is 2.02. The van der Waals surface area contributed by atoms with Crippen LogP contribution in [-0.2, 0) is 4.74 Å². The standard InChI is InChI=1S/C14H17N3O6/c1-9-5-3-4-6-15(9)13-11(16(19)20)7-10(14(18)23-2)8-12(13)17(21)22/h7-9H,3-6H2,1-2H3/t9-/m0/s1. The highest BCUT2D eigenvalue weighted by molar-refractivity contribution is 5.94. The first-order valence-electron chi connectivity index (χ1n) is 7.18. The SMILES string of the molecule is COC(=O)c1cc([N+](=O)[O-])c(N2CCCC[C@@H]2C)c([N+](=O)[O-])c1. The monoisotopic (exact) mass is 323 g/mol. The molecular formula is C14H17N3O6. The van der Waals surface area contributed by atoms with Gasteiger partial charge >= 0.3 is 17.3 Å². The molecule has 2 rings (SSSR count). The fourth-order valence-corrected chi connectivity index (χ4v) is 2.84. The third-order valence-corrected chi connectivity index (χ3v) is 3.97. The van der Waals surface area contributed by atoms with E-state index < -0.39 is 27.2 Å². The Kier molecular flexibility index (Phi) is 4.77. The van der Waals surface area contributed by atoms with Crippen molar-refractivity contribution >= 4 is 23.0 Å². The second kappa shape index (κ2) is 6.59. The topological polar surface area (TPSA) is 116 Å². The predicted molar refractivity (Wildman–Crippen MR) is 81.7 cm³/mol. The fraction of sp³-hybridized carbons (Fsp3) is 0.500. The van der Waals surface area contributed by atoms with E-state index in [1.807, 2.05) is 6.92 Å². The summed E-state index contributed by atoms with van der Waals surface area (Å²) in [7, 11) is 1.11. The summed E-state index contributed by atoms with van der Waals surface area (Å²) in [6.07, 6.45) is 2.57. The van der Waals surface area contributed by atoms with Gasteiger partial charge in [-0.3, -0.25) is 20.2 Å². The molecule has 1 aromatic carbocycles. The van der Waals surface area contributed by atoms with Gasteiger partial charge in [0.25, 0.3) is 0 Å². The maximum absolute atomic E-state index is 11.6. The zero-order valence-corrected chi connectivity index (χ0v) is 12.9. The number of methoxy groups -OCH3 is 1. The van der Waals surface area contributed by atoms with Gasteiger partial charge in [-0.25, -0.2) is 4.79 Å². The van der Waals surface area contributed by atoms with E-state index in [1.54, 1.807) is 4.90 Å². The fourth-order valence-electron chi connectivity index (χ4n) is 2.84. The van der Waals surface area contributed by atoms with E-state index in [1.165, 1.54) is 0 Å². The summed E-state index contributed by atoms with van der Waals surface area (Å²) >= 11 is 0. The summed E-state index contributed by atoms with van der Waals surface area (Å²) in [5, 5.41) is 22.8. The molecule has 0 saturated carbocycles. The zero-order valence-electron chi connectivity index (χ0n) is 12.9. The average Bonchev–Trinajstić information content (AvgIpc) is 2.53. The van der Waals surface area contributed by atoms with Gasteiger partial charge in [-0.15, -0.1) is 0 Å². The molecule has 0 unspecified atom stereocenters. The molecular weight excluding hydrogens is 306 g/mol. The predicted octanol–water partition coefficient (Wildman–Crippen LogP) is 2.67. The van der Waals surface area contributed by atoms with Crippen LogP contribution in [0.5, 0.6) is 0 Å². The third-order valence-electron chi connectivity index (χ3n) is 3.97. The highest BCUT2D eigenvalue weighted by atomic mass is 16.6. The minimum atomic E-state index is -0.852. The molecule has 1 fully saturated rings. The van der Waals surface area contributed by atoms with Crippen molar-refractivity contribution < 1.29 is 19.4 Å². The Balaban J connectivity index is 2.69. The zero-order chi connectivity index (χ0) is 17.1. The minimum Gasteiger partial charge on any atom is -0.465 e. The van der Waals surface area contributed by atoms with Gasteiger partial charge in [0.05, 0.1) is 22.5 Å². The summed E-state index contributed by atoms with van der Waals surface area (Å²) < 4.78 is 4.51. The number of ether oxygens (including phenoxy) is 1. The summed E-state index contributed by atoms with van der Waals surface area (Å²) in [5.74, 6) is -0.852. The molecule has 1 heterocycles. The van der Waals surface area contributed by atoms with Crippen LogP contribution >= 0.6 is 0 Å². The Labute approximate surface area is 132 Å². The van der Waals surface area contributed by atoms with Crippen LogP contribution in [-0.4, -0.2) is 35.5 Å². The molecule has 0 aromatic heterocycles. The van der Waals surface area contributed by atoms with Crippen molar-refractivity contribution in [2.45, 2.75) is 32.2 Å².